The van der Waals surface area contributed by atoms with Gasteiger partial charge in [0.15, 0.2) is 0 Å². The minimum atomic E-state index is -1.31. The predicted molar refractivity (Wildman–Crippen MR) is 285 cm³/mol. The fourth-order valence-corrected chi connectivity index (χ4v) is 20.6. The number of pyridine rings is 2. The molecule has 6 nitrogen and oxygen atoms in total. The van der Waals surface area contributed by atoms with E-state index < -0.39 is 10.0 Å². The minimum Gasteiger partial charge on any atom is -0.252 e. The van der Waals surface area contributed by atoms with Crippen LogP contribution >= 0.6 is 78.8 Å². The number of unbranched alkanes of at least 4 members (excludes halogenated alkanes) is 13. The third-order valence-corrected chi connectivity index (χ3v) is 23.3. The van der Waals surface area contributed by atoms with Crippen molar-refractivity contribution in [3.05, 3.63) is 58.5 Å². The molecule has 0 saturated heterocycles. The Labute approximate surface area is 406 Å². The van der Waals surface area contributed by atoms with Crippen LogP contribution in [0.4, 0.5) is 0 Å². The highest BCUT2D eigenvalue weighted by Crippen LogP contribution is 2.76. The number of aromatic nitrogens is 6. The van der Waals surface area contributed by atoms with Crippen LogP contribution in [0.3, 0.4) is 0 Å². The van der Waals surface area contributed by atoms with E-state index in [-0.39, 0.29) is 0 Å². The third kappa shape index (κ3) is 9.60. The molecular weight excluding hydrogens is 921 g/mol. The second-order valence-corrected chi connectivity index (χ2v) is 26.5. The molecule has 13 heteroatoms. The lowest BCUT2D eigenvalue weighted by atomic mass is 10.1. The quantitative estimate of drug-likeness (QED) is 0.0531. The molecule has 0 radical (unpaired) electrons. The molecule has 0 unspecified atom stereocenters. The largest absolute Gasteiger partial charge is 0.252 e. The Kier molecular flexibility index (Phi) is 15.7. The number of fused-ring (bicyclic) bond motifs is 5. The zero-order valence-electron chi connectivity index (χ0n) is 38.0. The number of hydrogen-bond donors (Lipinski definition) is 0. The number of rotatable bonds is 25. The van der Waals surface area contributed by atoms with E-state index in [2.05, 4.69) is 76.5 Å². The van der Waals surface area contributed by atoms with Gasteiger partial charge in [-0.1, -0.05) is 111 Å². The molecular formula is C51H62N6S7. The molecule has 8 aromatic rings. The van der Waals surface area contributed by atoms with E-state index in [0.29, 0.717) is 0 Å². The van der Waals surface area contributed by atoms with Crippen LogP contribution in [-0.4, -0.2) is 39.0 Å². The van der Waals surface area contributed by atoms with E-state index in [1.54, 1.807) is 9.79 Å². The fourth-order valence-electron chi connectivity index (χ4n) is 9.30. The van der Waals surface area contributed by atoms with Gasteiger partial charge in [0, 0.05) is 52.8 Å². The van der Waals surface area contributed by atoms with Gasteiger partial charge < -0.3 is 0 Å². The topological polar surface area (TPSA) is 77.3 Å². The molecule has 0 N–H and O–H groups in total. The number of aryl methyl sites for hydroxylation is 2. The van der Waals surface area contributed by atoms with Gasteiger partial charge in [-0.2, -0.15) is 27.5 Å². The van der Waals surface area contributed by atoms with E-state index in [1.165, 1.54) is 183 Å². The average molecular weight is 984 g/mol. The molecule has 0 spiro atoms. The highest BCUT2D eigenvalue weighted by molar-refractivity contribution is 8.34. The van der Waals surface area contributed by atoms with Gasteiger partial charge in [-0.05, 0) is 86.4 Å². The van der Waals surface area contributed by atoms with Crippen LogP contribution in [0.2, 0.25) is 0 Å². The Balaban J connectivity index is 1.09. The van der Waals surface area contributed by atoms with Crippen molar-refractivity contribution in [3.8, 4) is 51.8 Å². The monoisotopic (exact) mass is 982 g/mol. The molecule has 8 aromatic heterocycles. The molecule has 9 heterocycles. The first-order chi connectivity index (χ1) is 31.6. The highest BCUT2D eigenvalue weighted by Gasteiger charge is 2.42. The molecule has 9 rings (SSSR count). The summed E-state index contributed by atoms with van der Waals surface area (Å²) in [4.78, 5) is 24.3. The average Bonchev–Trinajstić information content (AvgIpc) is 4.18. The van der Waals surface area contributed by atoms with Crippen LogP contribution in [0.25, 0.3) is 73.8 Å². The van der Waals surface area contributed by atoms with Gasteiger partial charge in [-0.3, -0.25) is 9.97 Å². The summed E-state index contributed by atoms with van der Waals surface area (Å²) in [5.74, 6) is 2.50. The second-order valence-electron chi connectivity index (χ2n) is 17.5. The summed E-state index contributed by atoms with van der Waals surface area (Å²) in [5.41, 5.74) is 8.03. The molecule has 0 aliphatic carbocycles. The second kappa shape index (κ2) is 21.8. The van der Waals surface area contributed by atoms with Gasteiger partial charge >= 0.3 is 0 Å². The molecule has 338 valence electrons. The number of hydrogen-bond acceptors (Lipinski definition) is 12. The molecule has 0 aromatic carbocycles. The number of nitrogens with zero attached hydrogens (tertiary/aromatic N) is 6. The van der Waals surface area contributed by atoms with Crippen LogP contribution in [0.15, 0.2) is 58.6 Å². The van der Waals surface area contributed by atoms with Gasteiger partial charge in [-0.15, -0.1) is 45.3 Å². The van der Waals surface area contributed by atoms with Gasteiger partial charge in [0.1, 0.15) is 33.5 Å². The highest BCUT2D eigenvalue weighted by atomic mass is 32.3. The summed E-state index contributed by atoms with van der Waals surface area (Å²) >= 11 is 10.3. The summed E-state index contributed by atoms with van der Waals surface area (Å²) in [7, 11) is -1.31. The maximum absolute atomic E-state index is 5.19. The molecule has 1 aliphatic rings. The first kappa shape index (κ1) is 46.2. The van der Waals surface area contributed by atoms with Gasteiger partial charge in [0.2, 0.25) is 0 Å². The lowest BCUT2D eigenvalue weighted by molar-refractivity contribution is 0.657. The van der Waals surface area contributed by atoms with Crippen molar-refractivity contribution in [2.24, 2.45) is 0 Å². The molecule has 0 atom stereocenters. The van der Waals surface area contributed by atoms with Crippen molar-refractivity contribution in [2.45, 2.75) is 159 Å². The van der Waals surface area contributed by atoms with Crippen molar-refractivity contribution in [1.29, 1.82) is 0 Å². The molecule has 1 aliphatic heterocycles. The van der Waals surface area contributed by atoms with E-state index in [4.69, 9.17) is 27.5 Å². The normalized spacial score (nSPS) is 13.7. The number of thiophene rings is 4. The smallest absolute Gasteiger partial charge is 0.132 e. The lowest BCUT2D eigenvalue weighted by Crippen LogP contribution is -2.09. The van der Waals surface area contributed by atoms with Crippen LogP contribution in [0.5, 0.6) is 0 Å². The Morgan fingerprint density at radius 1 is 0.422 bits per heavy atom. The molecule has 0 saturated carbocycles. The zero-order valence-corrected chi connectivity index (χ0v) is 43.7. The van der Waals surface area contributed by atoms with Crippen LogP contribution in [0.1, 0.15) is 147 Å². The maximum Gasteiger partial charge on any atom is 0.132 e. The van der Waals surface area contributed by atoms with Crippen molar-refractivity contribution in [3.63, 3.8) is 0 Å². The van der Waals surface area contributed by atoms with E-state index in [1.807, 2.05) is 45.3 Å². The van der Waals surface area contributed by atoms with E-state index in [9.17, 15) is 0 Å². The SMILES string of the molecule is CCCCCCCS1(CCCCCC)c2cc(-c3cnc(-c4ccc(CCCCCC)s4)c4nsnc34)sc2-c2sc(-c3cnc(-c4ccc(CCCCCC)s4)c4nsnc34)cc21. The summed E-state index contributed by atoms with van der Waals surface area (Å²) < 4.78 is 19.8. The molecule has 0 bridgehead atoms. The van der Waals surface area contributed by atoms with Crippen LogP contribution in [0, 0.1) is 0 Å². The Bertz CT molecular complexity index is 2590. The first-order valence-electron chi connectivity index (χ1n) is 24.0. The third-order valence-electron chi connectivity index (χ3n) is 12.8. The van der Waals surface area contributed by atoms with Gasteiger partial charge in [-0.25, -0.2) is 0 Å². The molecule has 64 heavy (non-hydrogen) atoms. The van der Waals surface area contributed by atoms with Crippen molar-refractivity contribution in [1.82, 2.24) is 27.5 Å². The van der Waals surface area contributed by atoms with Crippen LogP contribution < -0.4 is 0 Å². The van der Waals surface area contributed by atoms with E-state index >= 15 is 0 Å². The minimum absolute atomic E-state index is 0.936. The Morgan fingerprint density at radius 3 is 1.28 bits per heavy atom. The maximum atomic E-state index is 5.19. The standard InChI is InChI=1S/C51H62N6S7/c1-5-9-13-17-21-29-64(28-20-16-12-8-4)42-30-40(36-32-52-46(48-44(36)54-62-56-48)38-26-24-34(58-38)22-18-14-10-6-2)60-50(42)51-43(64)31-41(61-51)37-33-53-47(49-45(37)55-63-57-49)39-27-25-35(59-39)23-19-15-11-7-3/h24-27,30-33H,5-23,28-29H2,1-4H3. The van der Waals surface area contributed by atoms with Crippen molar-refractivity contribution >= 4 is 101 Å². The summed E-state index contributed by atoms with van der Waals surface area (Å²) in [6, 6.07) is 14.3. The van der Waals surface area contributed by atoms with Gasteiger partial charge in [0.05, 0.1) is 43.0 Å². The van der Waals surface area contributed by atoms with Crippen LogP contribution in [-0.2, 0) is 12.8 Å². The Hall–Kier alpha value is -2.91. The van der Waals surface area contributed by atoms with Gasteiger partial charge in [0.25, 0.3) is 0 Å². The fraction of sp³-hybridized carbons (Fsp3) is 0.490. The van der Waals surface area contributed by atoms with Crippen molar-refractivity contribution < 1.29 is 0 Å². The Morgan fingerprint density at radius 2 is 0.828 bits per heavy atom. The van der Waals surface area contributed by atoms with Crippen molar-refractivity contribution in [2.75, 3.05) is 11.5 Å². The molecule has 0 amide bonds. The first-order valence-corrected chi connectivity index (χ1v) is 30.7. The summed E-state index contributed by atoms with van der Waals surface area (Å²) in [6.45, 7) is 9.21. The zero-order chi connectivity index (χ0) is 43.9. The molecule has 0 fully saturated rings. The lowest BCUT2D eigenvalue weighted by Gasteiger charge is -2.37. The summed E-state index contributed by atoms with van der Waals surface area (Å²) in [5, 5.41) is 0. The summed E-state index contributed by atoms with van der Waals surface area (Å²) in [6.07, 6.45) is 28.3. The predicted octanol–water partition coefficient (Wildman–Crippen LogP) is 18.4. The van der Waals surface area contributed by atoms with E-state index in [0.717, 1.165) is 57.4 Å².